The van der Waals surface area contributed by atoms with E-state index in [1.165, 1.54) is 25.8 Å². The second kappa shape index (κ2) is 5.15. The fourth-order valence-corrected chi connectivity index (χ4v) is 1.30. The Hall–Kier alpha value is -0.550. The average molecular weight is 152 g/mol. The van der Waals surface area contributed by atoms with Gasteiger partial charge in [-0.3, -0.25) is 0 Å². The molecule has 11 heavy (non-hydrogen) atoms. The summed E-state index contributed by atoms with van der Waals surface area (Å²) in [6, 6.07) is 2.14. The highest BCUT2D eigenvalue weighted by atomic mass is 14.9. The molecule has 0 atom stereocenters. The molecule has 0 aromatic rings. The van der Waals surface area contributed by atoms with Crippen molar-refractivity contribution in [2.24, 2.45) is 5.92 Å². The van der Waals surface area contributed by atoms with Gasteiger partial charge in [0.05, 0.1) is 6.07 Å². The van der Waals surface area contributed by atoms with Crippen molar-refractivity contribution in [3.8, 4) is 6.07 Å². The normalized spacial score (nSPS) is 17.4. The third kappa shape index (κ3) is 3.38. The van der Waals surface area contributed by atoms with Crippen molar-refractivity contribution in [2.45, 2.75) is 32.1 Å². The van der Waals surface area contributed by atoms with Gasteiger partial charge in [0.15, 0.2) is 0 Å². The Labute approximate surface area is 68.6 Å². The van der Waals surface area contributed by atoms with Crippen LogP contribution < -0.4 is 5.32 Å². The number of nitriles is 1. The van der Waals surface area contributed by atoms with E-state index in [1.54, 1.807) is 0 Å². The molecule has 0 bridgehead atoms. The van der Waals surface area contributed by atoms with Crippen LogP contribution in [0.2, 0.25) is 0 Å². The highest BCUT2D eigenvalue weighted by Gasteiger charge is 2.15. The number of hydrogen-bond donors (Lipinski definition) is 1. The van der Waals surface area contributed by atoms with Gasteiger partial charge in [-0.05, 0) is 38.3 Å². The summed E-state index contributed by atoms with van der Waals surface area (Å²) in [6.07, 6.45) is 5.93. The zero-order valence-electron chi connectivity index (χ0n) is 6.97. The number of hydrogen-bond acceptors (Lipinski definition) is 2. The standard InChI is InChI=1S/C9H16N2/c10-6-1-2-7-11-8-9-4-3-5-9/h9,11H,1-5,7-8H2. The van der Waals surface area contributed by atoms with Crippen LogP contribution >= 0.6 is 0 Å². The number of nitrogens with zero attached hydrogens (tertiary/aromatic N) is 1. The lowest BCUT2D eigenvalue weighted by Crippen LogP contribution is -2.27. The Morgan fingerprint density at radius 1 is 1.45 bits per heavy atom. The van der Waals surface area contributed by atoms with E-state index in [0.717, 1.165) is 18.9 Å². The van der Waals surface area contributed by atoms with Crippen molar-refractivity contribution >= 4 is 0 Å². The lowest BCUT2D eigenvalue weighted by molar-refractivity contribution is 0.302. The molecule has 0 saturated heterocycles. The van der Waals surface area contributed by atoms with Crippen LogP contribution in [0, 0.1) is 17.2 Å². The van der Waals surface area contributed by atoms with Gasteiger partial charge in [0, 0.05) is 6.42 Å². The molecule has 1 N–H and O–H groups in total. The van der Waals surface area contributed by atoms with Gasteiger partial charge >= 0.3 is 0 Å². The summed E-state index contributed by atoms with van der Waals surface area (Å²) >= 11 is 0. The van der Waals surface area contributed by atoms with Crippen molar-refractivity contribution in [3.63, 3.8) is 0 Å². The van der Waals surface area contributed by atoms with Crippen LogP contribution in [0.5, 0.6) is 0 Å². The molecule has 0 aromatic carbocycles. The smallest absolute Gasteiger partial charge is 0.0622 e. The van der Waals surface area contributed by atoms with Crippen LogP contribution in [0.4, 0.5) is 0 Å². The number of rotatable bonds is 5. The van der Waals surface area contributed by atoms with E-state index in [0.29, 0.717) is 6.42 Å². The quantitative estimate of drug-likeness (QED) is 0.608. The SMILES string of the molecule is N#CCCCNCC1CCC1. The van der Waals surface area contributed by atoms with Gasteiger partial charge in [-0.15, -0.1) is 0 Å². The van der Waals surface area contributed by atoms with Crippen LogP contribution in [0.1, 0.15) is 32.1 Å². The third-order valence-corrected chi connectivity index (χ3v) is 2.30. The van der Waals surface area contributed by atoms with Crippen molar-refractivity contribution in [3.05, 3.63) is 0 Å². The second-order valence-corrected chi connectivity index (χ2v) is 3.26. The molecule has 0 aromatic heterocycles. The summed E-state index contributed by atoms with van der Waals surface area (Å²) in [7, 11) is 0. The molecule has 2 nitrogen and oxygen atoms in total. The molecule has 1 saturated carbocycles. The summed E-state index contributed by atoms with van der Waals surface area (Å²) in [6.45, 7) is 2.19. The first-order valence-electron chi connectivity index (χ1n) is 4.51. The minimum absolute atomic E-state index is 0.692. The van der Waals surface area contributed by atoms with Gasteiger partial charge in [0.2, 0.25) is 0 Å². The maximum Gasteiger partial charge on any atom is 0.0622 e. The molecule has 0 spiro atoms. The lowest BCUT2D eigenvalue weighted by atomic mass is 9.85. The molecular weight excluding hydrogens is 136 g/mol. The molecule has 62 valence electrons. The van der Waals surface area contributed by atoms with Crippen LogP contribution in [-0.4, -0.2) is 13.1 Å². The zero-order valence-corrected chi connectivity index (χ0v) is 6.97. The first kappa shape index (κ1) is 8.55. The fraction of sp³-hybridized carbons (Fsp3) is 0.889. The Bertz CT molecular complexity index is 133. The molecule has 0 aliphatic heterocycles. The van der Waals surface area contributed by atoms with E-state index in [1.807, 2.05) is 0 Å². The number of nitrogens with one attached hydrogen (secondary N) is 1. The van der Waals surface area contributed by atoms with Gasteiger partial charge in [-0.25, -0.2) is 0 Å². The van der Waals surface area contributed by atoms with Gasteiger partial charge in [-0.2, -0.15) is 5.26 Å². The Kier molecular flexibility index (Phi) is 4.00. The monoisotopic (exact) mass is 152 g/mol. The topological polar surface area (TPSA) is 35.8 Å². The maximum atomic E-state index is 8.25. The molecule has 1 rings (SSSR count). The van der Waals surface area contributed by atoms with Gasteiger partial charge in [0.1, 0.15) is 0 Å². The van der Waals surface area contributed by atoms with E-state index < -0.39 is 0 Å². The van der Waals surface area contributed by atoms with E-state index in [4.69, 9.17) is 5.26 Å². The van der Waals surface area contributed by atoms with E-state index in [-0.39, 0.29) is 0 Å². The first-order valence-corrected chi connectivity index (χ1v) is 4.51. The van der Waals surface area contributed by atoms with E-state index in [2.05, 4.69) is 11.4 Å². The molecule has 0 amide bonds. The molecule has 1 fully saturated rings. The maximum absolute atomic E-state index is 8.25. The predicted octanol–water partition coefficient (Wildman–Crippen LogP) is 1.68. The molecule has 0 radical (unpaired) electrons. The molecule has 0 heterocycles. The lowest BCUT2D eigenvalue weighted by Gasteiger charge is -2.25. The Balaban J connectivity index is 1.77. The minimum Gasteiger partial charge on any atom is -0.316 e. The largest absolute Gasteiger partial charge is 0.316 e. The summed E-state index contributed by atoms with van der Waals surface area (Å²) < 4.78 is 0. The summed E-state index contributed by atoms with van der Waals surface area (Å²) in [5.74, 6) is 0.942. The van der Waals surface area contributed by atoms with Crippen molar-refractivity contribution in [1.29, 1.82) is 5.26 Å². The van der Waals surface area contributed by atoms with Crippen molar-refractivity contribution in [2.75, 3.05) is 13.1 Å². The molecule has 0 unspecified atom stereocenters. The van der Waals surface area contributed by atoms with Gasteiger partial charge in [-0.1, -0.05) is 6.42 Å². The second-order valence-electron chi connectivity index (χ2n) is 3.26. The predicted molar refractivity (Wildman–Crippen MR) is 45.1 cm³/mol. The van der Waals surface area contributed by atoms with Crippen molar-refractivity contribution in [1.82, 2.24) is 5.32 Å². The highest BCUT2D eigenvalue weighted by molar-refractivity contribution is 4.73. The van der Waals surface area contributed by atoms with Crippen LogP contribution in [0.25, 0.3) is 0 Å². The van der Waals surface area contributed by atoms with E-state index >= 15 is 0 Å². The molecule has 2 heteroatoms. The molecule has 1 aliphatic carbocycles. The first-order chi connectivity index (χ1) is 5.43. The van der Waals surface area contributed by atoms with Crippen molar-refractivity contribution < 1.29 is 0 Å². The van der Waals surface area contributed by atoms with Gasteiger partial charge in [0.25, 0.3) is 0 Å². The Morgan fingerprint density at radius 3 is 2.82 bits per heavy atom. The summed E-state index contributed by atoms with van der Waals surface area (Å²) in [5, 5.41) is 11.6. The Morgan fingerprint density at radius 2 is 2.27 bits per heavy atom. The average Bonchev–Trinajstić information content (AvgIpc) is 1.93. The number of unbranched alkanes of at least 4 members (excludes halogenated alkanes) is 1. The third-order valence-electron chi connectivity index (χ3n) is 2.30. The molecular formula is C9H16N2. The highest BCUT2D eigenvalue weighted by Crippen LogP contribution is 2.24. The zero-order chi connectivity index (χ0) is 7.94. The summed E-state index contributed by atoms with van der Waals surface area (Å²) in [5.41, 5.74) is 0. The summed E-state index contributed by atoms with van der Waals surface area (Å²) in [4.78, 5) is 0. The van der Waals surface area contributed by atoms with Crippen LogP contribution in [0.3, 0.4) is 0 Å². The van der Waals surface area contributed by atoms with Crippen LogP contribution in [0.15, 0.2) is 0 Å². The minimum atomic E-state index is 0.692. The van der Waals surface area contributed by atoms with E-state index in [9.17, 15) is 0 Å². The van der Waals surface area contributed by atoms with Gasteiger partial charge < -0.3 is 5.32 Å². The fourth-order valence-electron chi connectivity index (χ4n) is 1.30. The van der Waals surface area contributed by atoms with Crippen LogP contribution in [-0.2, 0) is 0 Å². The molecule has 1 aliphatic rings.